The minimum atomic E-state index is -0.472. The molecule has 6 nitrogen and oxygen atoms in total. The molecule has 0 unspecified atom stereocenters. The van der Waals surface area contributed by atoms with E-state index in [0.717, 1.165) is 19.3 Å². The molecule has 1 aromatic rings. The van der Waals surface area contributed by atoms with Crippen molar-refractivity contribution in [3.63, 3.8) is 0 Å². The molecule has 0 aromatic heterocycles. The zero-order valence-corrected chi connectivity index (χ0v) is 21.2. The first-order valence-electron chi connectivity index (χ1n) is 13.2. The van der Waals surface area contributed by atoms with Crippen LogP contribution in [0, 0.1) is 34.5 Å². The Hall–Kier alpha value is -2.63. The van der Waals surface area contributed by atoms with Gasteiger partial charge >= 0.3 is 5.97 Å². The van der Waals surface area contributed by atoms with Gasteiger partial charge in [0.1, 0.15) is 0 Å². The second-order valence-corrected chi connectivity index (χ2v) is 11.7. The lowest BCUT2D eigenvalue weighted by Crippen LogP contribution is -2.59. The monoisotopic (exact) mass is 478 g/mol. The summed E-state index contributed by atoms with van der Waals surface area (Å²) in [6, 6.07) is 9.06. The lowest BCUT2D eigenvalue weighted by Gasteiger charge is -2.60. The summed E-state index contributed by atoms with van der Waals surface area (Å²) in [5.41, 5.74) is 0.732. The van der Waals surface area contributed by atoms with Crippen LogP contribution in [-0.4, -0.2) is 48.9 Å². The van der Waals surface area contributed by atoms with Gasteiger partial charge in [0.2, 0.25) is 5.91 Å². The molecule has 5 rings (SSSR count). The van der Waals surface area contributed by atoms with Gasteiger partial charge in [0.15, 0.2) is 6.61 Å². The highest BCUT2D eigenvalue weighted by molar-refractivity contribution is 5.91. The van der Waals surface area contributed by atoms with Crippen LogP contribution in [0.1, 0.15) is 62.7 Å². The SMILES string of the molecule is CN1C(=O)C=C[C@]2(C)[C@H]3CC[C@]4(C)[C@@H](CNC(=O)COC(=O)c5ccccc5)CC[C@H]4[C@@H]3CC[C@@H]12. The van der Waals surface area contributed by atoms with Crippen molar-refractivity contribution in [2.24, 2.45) is 34.5 Å². The molecular formula is C29H38N2O4. The summed E-state index contributed by atoms with van der Waals surface area (Å²) in [6.07, 6.45) is 11.0. The van der Waals surface area contributed by atoms with Crippen molar-refractivity contribution in [1.82, 2.24) is 10.2 Å². The molecule has 1 aromatic carbocycles. The number of nitrogens with zero attached hydrogens (tertiary/aromatic N) is 1. The van der Waals surface area contributed by atoms with E-state index in [2.05, 4.69) is 25.2 Å². The maximum absolute atomic E-state index is 12.5. The molecule has 3 fully saturated rings. The molecule has 0 spiro atoms. The number of fused-ring (bicyclic) bond motifs is 5. The van der Waals surface area contributed by atoms with Crippen molar-refractivity contribution in [3.05, 3.63) is 48.0 Å². The van der Waals surface area contributed by atoms with Gasteiger partial charge in [-0.05, 0) is 85.8 Å². The van der Waals surface area contributed by atoms with E-state index in [1.54, 1.807) is 30.3 Å². The van der Waals surface area contributed by atoms with Gasteiger partial charge in [-0.3, -0.25) is 9.59 Å². The quantitative estimate of drug-likeness (QED) is 0.643. The van der Waals surface area contributed by atoms with E-state index in [-0.39, 0.29) is 29.3 Å². The number of ether oxygens (including phenoxy) is 1. The maximum atomic E-state index is 12.5. The summed E-state index contributed by atoms with van der Waals surface area (Å²) in [7, 11) is 1.97. The molecule has 35 heavy (non-hydrogen) atoms. The van der Waals surface area contributed by atoms with Crippen LogP contribution in [0.4, 0.5) is 0 Å². The Bertz CT molecular complexity index is 1020. The first-order valence-corrected chi connectivity index (χ1v) is 13.2. The fourth-order valence-corrected chi connectivity index (χ4v) is 8.26. The molecule has 188 valence electrons. The molecule has 7 atom stereocenters. The van der Waals surface area contributed by atoms with Crippen LogP contribution in [0.15, 0.2) is 42.5 Å². The molecule has 0 saturated heterocycles. The number of esters is 1. The average molecular weight is 479 g/mol. The van der Waals surface area contributed by atoms with E-state index in [4.69, 9.17) is 4.74 Å². The minimum absolute atomic E-state index is 0.0574. The van der Waals surface area contributed by atoms with Gasteiger partial charge in [-0.1, -0.05) is 38.1 Å². The Labute approximate surface area is 208 Å². The van der Waals surface area contributed by atoms with Crippen LogP contribution in [0.2, 0.25) is 0 Å². The molecule has 1 N–H and O–H groups in total. The van der Waals surface area contributed by atoms with Crippen molar-refractivity contribution in [2.45, 2.75) is 58.4 Å². The molecule has 0 radical (unpaired) electrons. The van der Waals surface area contributed by atoms with E-state index < -0.39 is 5.97 Å². The van der Waals surface area contributed by atoms with Gasteiger partial charge in [0, 0.05) is 25.0 Å². The topological polar surface area (TPSA) is 75.7 Å². The molecule has 1 heterocycles. The standard InChI is InChI=1S/C29H38N2O4/c1-28-15-13-23-21(10-12-24-29(23,2)16-14-26(33)31(24)3)22(28)11-9-20(28)17-30-25(32)18-35-27(34)19-7-5-4-6-8-19/h4-8,14,16,20-24H,9-13,15,17-18H2,1-3H3,(H,30,32)/t20-,21+,22+,23+,24-,28-,29-/m1/s1. The van der Waals surface area contributed by atoms with E-state index in [1.807, 2.05) is 18.0 Å². The van der Waals surface area contributed by atoms with Crippen molar-refractivity contribution >= 4 is 17.8 Å². The van der Waals surface area contributed by atoms with Gasteiger partial charge in [0.25, 0.3) is 5.91 Å². The van der Waals surface area contributed by atoms with E-state index in [1.165, 1.54) is 19.3 Å². The zero-order chi connectivity index (χ0) is 24.8. The van der Waals surface area contributed by atoms with Gasteiger partial charge in [-0.2, -0.15) is 0 Å². The highest BCUT2D eigenvalue weighted by atomic mass is 16.5. The summed E-state index contributed by atoms with van der Waals surface area (Å²) in [4.78, 5) is 38.8. The Kier molecular flexibility index (Phi) is 6.27. The number of hydrogen-bond acceptors (Lipinski definition) is 4. The maximum Gasteiger partial charge on any atom is 0.338 e. The lowest BCUT2D eigenvalue weighted by molar-refractivity contribution is -0.139. The first-order chi connectivity index (χ1) is 16.7. The number of rotatable bonds is 5. The van der Waals surface area contributed by atoms with Crippen LogP contribution in [0.5, 0.6) is 0 Å². The molecule has 3 saturated carbocycles. The van der Waals surface area contributed by atoms with Crippen LogP contribution < -0.4 is 5.32 Å². The number of carbonyl (C=O) groups is 3. The van der Waals surface area contributed by atoms with E-state index >= 15 is 0 Å². The molecular weight excluding hydrogens is 440 g/mol. The number of benzene rings is 1. The second-order valence-electron chi connectivity index (χ2n) is 11.7. The fraction of sp³-hybridized carbons (Fsp3) is 0.621. The second kappa shape index (κ2) is 9.11. The third-order valence-electron chi connectivity index (χ3n) is 10.2. The Morgan fingerprint density at radius 2 is 1.83 bits per heavy atom. The highest BCUT2D eigenvalue weighted by Gasteiger charge is 2.60. The van der Waals surface area contributed by atoms with Crippen molar-refractivity contribution in [2.75, 3.05) is 20.2 Å². The highest BCUT2D eigenvalue weighted by Crippen LogP contribution is 2.65. The zero-order valence-electron chi connectivity index (χ0n) is 21.2. The molecule has 0 bridgehead atoms. The normalized spacial score (nSPS) is 37.7. The molecule has 3 aliphatic carbocycles. The van der Waals surface area contributed by atoms with Crippen LogP contribution in [0.25, 0.3) is 0 Å². The summed E-state index contributed by atoms with van der Waals surface area (Å²) < 4.78 is 5.20. The predicted molar refractivity (Wildman–Crippen MR) is 133 cm³/mol. The van der Waals surface area contributed by atoms with E-state index in [0.29, 0.717) is 41.8 Å². The van der Waals surface area contributed by atoms with Gasteiger partial charge in [-0.25, -0.2) is 4.79 Å². The molecule has 2 amide bonds. The van der Waals surface area contributed by atoms with Gasteiger partial charge in [0.05, 0.1) is 5.56 Å². The number of likely N-dealkylation sites (N-methyl/N-ethyl adjacent to an activating group) is 1. The summed E-state index contributed by atoms with van der Waals surface area (Å²) in [5, 5.41) is 3.05. The minimum Gasteiger partial charge on any atom is -0.452 e. The third kappa shape index (κ3) is 4.09. The average Bonchev–Trinajstić information content (AvgIpc) is 3.20. The fourth-order valence-electron chi connectivity index (χ4n) is 8.26. The number of nitrogens with one attached hydrogen (secondary N) is 1. The van der Waals surface area contributed by atoms with Crippen LogP contribution >= 0.6 is 0 Å². The summed E-state index contributed by atoms with van der Waals surface area (Å²) >= 11 is 0. The lowest BCUT2D eigenvalue weighted by atomic mass is 9.47. The van der Waals surface area contributed by atoms with Gasteiger partial charge in [-0.15, -0.1) is 0 Å². The summed E-state index contributed by atoms with van der Waals surface area (Å²) in [6.45, 7) is 5.21. The number of amides is 2. The Morgan fingerprint density at radius 1 is 1.06 bits per heavy atom. The van der Waals surface area contributed by atoms with Gasteiger partial charge < -0.3 is 15.0 Å². The van der Waals surface area contributed by atoms with Crippen LogP contribution in [0.3, 0.4) is 0 Å². The molecule has 4 aliphatic rings. The Morgan fingerprint density at radius 3 is 2.60 bits per heavy atom. The van der Waals surface area contributed by atoms with Crippen molar-refractivity contribution in [1.29, 1.82) is 0 Å². The summed E-state index contributed by atoms with van der Waals surface area (Å²) in [5.74, 6) is 1.82. The van der Waals surface area contributed by atoms with Crippen molar-refractivity contribution < 1.29 is 19.1 Å². The largest absolute Gasteiger partial charge is 0.452 e. The predicted octanol–water partition coefficient (Wildman–Crippen LogP) is 4.22. The van der Waals surface area contributed by atoms with Crippen LogP contribution in [-0.2, 0) is 14.3 Å². The molecule has 1 aliphatic heterocycles. The number of carbonyl (C=O) groups excluding carboxylic acids is 3. The smallest absolute Gasteiger partial charge is 0.338 e. The third-order valence-corrected chi connectivity index (χ3v) is 10.2. The molecule has 6 heteroatoms. The van der Waals surface area contributed by atoms with Crippen molar-refractivity contribution in [3.8, 4) is 0 Å². The Balaban J connectivity index is 1.19. The van der Waals surface area contributed by atoms with E-state index in [9.17, 15) is 14.4 Å². The first kappa shape index (κ1) is 24.1. The number of hydrogen-bond donors (Lipinski definition) is 1.